The van der Waals surface area contributed by atoms with Crippen LogP contribution >= 0.6 is 0 Å². The van der Waals surface area contributed by atoms with Crippen LogP contribution in [-0.4, -0.2) is 27.8 Å². The molecule has 0 fully saturated rings. The number of rotatable bonds is 3. The van der Waals surface area contributed by atoms with Gasteiger partial charge in [0.2, 0.25) is 0 Å². The molecule has 0 N–H and O–H groups in total. The van der Waals surface area contributed by atoms with Gasteiger partial charge in [-0.2, -0.15) is 0 Å². The fourth-order valence-corrected chi connectivity index (χ4v) is 1.84. The molecule has 0 aliphatic heterocycles. The molecule has 2 unspecified atom stereocenters. The third kappa shape index (κ3) is 4.41. The van der Waals surface area contributed by atoms with Gasteiger partial charge in [-0.05, 0) is 20.8 Å². The van der Waals surface area contributed by atoms with E-state index >= 15 is 0 Å². The smallest absolute Gasteiger partial charge is 0.309 e. The van der Waals surface area contributed by atoms with Gasteiger partial charge in [0.15, 0.2) is 0 Å². The van der Waals surface area contributed by atoms with E-state index in [-0.39, 0.29) is 16.6 Å². The van der Waals surface area contributed by atoms with Crippen molar-refractivity contribution >= 4 is 16.8 Å². The summed E-state index contributed by atoms with van der Waals surface area (Å²) in [5.74, 6) is -0.210. The molecule has 0 saturated carbocycles. The van der Waals surface area contributed by atoms with E-state index < -0.39 is 10.8 Å². The Labute approximate surface area is 82.3 Å². The molecule has 0 radical (unpaired) electrons. The third-order valence-corrected chi connectivity index (χ3v) is 3.86. The zero-order valence-corrected chi connectivity index (χ0v) is 9.73. The summed E-state index contributed by atoms with van der Waals surface area (Å²) in [6.07, 6.45) is 0. The Bertz CT molecular complexity index is 205. The highest BCUT2D eigenvalue weighted by Gasteiger charge is 2.24. The number of hydrogen-bond donors (Lipinski definition) is 0. The summed E-state index contributed by atoms with van der Waals surface area (Å²) in [6, 6.07) is 0. The summed E-state index contributed by atoms with van der Waals surface area (Å²) in [7, 11) is 0.356. The van der Waals surface area contributed by atoms with Crippen LogP contribution in [0.3, 0.4) is 0 Å². The van der Waals surface area contributed by atoms with Crippen molar-refractivity contribution in [1.29, 1.82) is 0 Å². The number of hydrogen-bond acceptors (Lipinski definition) is 3. The molecule has 0 heterocycles. The molecule has 0 aliphatic carbocycles. The summed E-state index contributed by atoms with van der Waals surface area (Å²) in [6.45, 7) is 7.42. The lowest BCUT2D eigenvalue weighted by Gasteiger charge is -2.19. The largest absolute Gasteiger partial charge is 0.469 e. The molecule has 0 bridgehead atoms. The third-order valence-electron chi connectivity index (χ3n) is 1.69. The Kier molecular flexibility index (Phi) is 4.61. The maximum absolute atomic E-state index is 11.6. The lowest BCUT2D eigenvalue weighted by Crippen LogP contribution is -2.29. The van der Waals surface area contributed by atoms with Crippen LogP contribution in [-0.2, 0) is 20.3 Å². The van der Waals surface area contributed by atoms with Crippen LogP contribution in [0.2, 0.25) is 0 Å². The number of ether oxygens (including phenoxy) is 1. The zero-order valence-electron chi connectivity index (χ0n) is 8.92. The fourth-order valence-electron chi connectivity index (χ4n) is 0.746. The maximum Gasteiger partial charge on any atom is 0.309 e. The Morgan fingerprint density at radius 2 is 1.92 bits per heavy atom. The van der Waals surface area contributed by atoms with Crippen LogP contribution in [0.1, 0.15) is 27.7 Å². The van der Waals surface area contributed by atoms with Gasteiger partial charge in [0.25, 0.3) is 0 Å². The Hall–Kier alpha value is -0.380. The van der Waals surface area contributed by atoms with Gasteiger partial charge < -0.3 is 4.74 Å². The second kappa shape index (κ2) is 4.74. The number of carbonyl (C=O) groups excluding carboxylic acids is 1. The van der Waals surface area contributed by atoms with E-state index in [0.717, 1.165) is 0 Å². The van der Waals surface area contributed by atoms with E-state index in [0.29, 0.717) is 5.75 Å². The minimum absolute atomic E-state index is 0.262. The molecule has 4 heteroatoms. The van der Waals surface area contributed by atoms with Crippen molar-refractivity contribution in [3.05, 3.63) is 0 Å². The number of esters is 1. The second-order valence-corrected chi connectivity index (χ2v) is 6.30. The summed E-state index contributed by atoms with van der Waals surface area (Å²) >= 11 is 0. The van der Waals surface area contributed by atoms with Crippen molar-refractivity contribution in [2.75, 3.05) is 12.9 Å². The van der Waals surface area contributed by atoms with Crippen molar-refractivity contribution in [3.63, 3.8) is 0 Å². The molecule has 0 aliphatic rings. The Morgan fingerprint density at radius 1 is 1.46 bits per heavy atom. The van der Waals surface area contributed by atoms with E-state index in [1.807, 2.05) is 20.8 Å². The van der Waals surface area contributed by atoms with Gasteiger partial charge in [-0.15, -0.1) is 0 Å². The van der Waals surface area contributed by atoms with Crippen molar-refractivity contribution in [2.45, 2.75) is 32.4 Å². The molecule has 78 valence electrons. The Balaban J connectivity index is 4.15. The molecule has 0 aromatic heterocycles. The number of methoxy groups -OCH3 is 1. The van der Waals surface area contributed by atoms with Crippen LogP contribution in [0.15, 0.2) is 0 Å². The minimum Gasteiger partial charge on any atom is -0.469 e. The molecule has 0 aromatic rings. The van der Waals surface area contributed by atoms with Crippen LogP contribution < -0.4 is 0 Å². The SMILES string of the molecule is COC(=O)C(C)CS(=O)C(C)(C)C. The molecular formula is C9H18O3S. The molecule has 13 heavy (non-hydrogen) atoms. The molecular weight excluding hydrogens is 188 g/mol. The van der Waals surface area contributed by atoms with Gasteiger partial charge >= 0.3 is 5.97 Å². The average Bonchev–Trinajstić information content (AvgIpc) is 2.01. The maximum atomic E-state index is 11.6. The van der Waals surface area contributed by atoms with Crippen LogP contribution in [0.4, 0.5) is 0 Å². The minimum atomic E-state index is -0.990. The zero-order chi connectivity index (χ0) is 10.6. The molecule has 0 saturated heterocycles. The lowest BCUT2D eigenvalue weighted by atomic mass is 10.2. The highest BCUT2D eigenvalue weighted by atomic mass is 32.2. The molecule has 2 atom stereocenters. The summed E-state index contributed by atoms with van der Waals surface area (Å²) in [5, 5.41) is 0. The van der Waals surface area contributed by atoms with Crippen molar-refractivity contribution < 1.29 is 13.7 Å². The first-order valence-electron chi connectivity index (χ1n) is 4.25. The summed E-state index contributed by atoms with van der Waals surface area (Å²) in [4.78, 5) is 11.0. The predicted octanol–water partition coefficient (Wildman–Crippen LogP) is 1.34. The van der Waals surface area contributed by atoms with E-state index in [9.17, 15) is 9.00 Å². The van der Waals surface area contributed by atoms with Gasteiger partial charge in [0.1, 0.15) is 0 Å². The first kappa shape index (κ1) is 12.6. The standard InChI is InChI=1S/C9H18O3S/c1-7(8(10)12-5)6-13(11)9(2,3)4/h7H,6H2,1-5H3. The Morgan fingerprint density at radius 3 is 2.23 bits per heavy atom. The van der Waals surface area contributed by atoms with Crippen molar-refractivity contribution in [2.24, 2.45) is 5.92 Å². The molecule has 0 amide bonds. The topological polar surface area (TPSA) is 43.4 Å². The average molecular weight is 206 g/mol. The van der Waals surface area contributed by atoms with E-state index in [4.69, 9.17) is 0 Å². The predicted molar refractivity (Wildman–Crippen MR) is 53.9 cm³/mol. The summed E-state index contributed by atoms with van der Waals surface area (Å²) in [5.41, 5.74) is 0. The number of carbonyl (C=O) groups is 1. The van der Waals surface area contributed by atoms with E-state index in [1.54, 1.807) is 6.92 Å². The van der Waals surface area contributed by atoms with E-state index in [1.165, 1.54) is 7.11 Å². The highest BCUT2D eigenvalue weighted by Crippen LogP contribution is 2.14. The quantitative estimate of drug-likeness (QED) is 0.654. The van der Waals surface area contributed by atoms with Gasteiger partial charge in [-0.25, -0.2) is 0 Å². The first-order chi connectivity index (χ1) is 5.79. The second-order valence-electron chi connectivity index (χ2n) is 4.05. The van der Waals surface area contributed by atoms with Gasteiger partial charge in [-0.1, -0.05) is 6.92 Å². The van der Waals surface area contributed by atoms with Crippen LogP contribution in [0.25, 0.3) is 0 Å². The molecule has 0 aromatic carbocycles. The van der Waals surface area contributed by atoms with Crippen molar-refractivity contribution in [1.82, 2.24) is 0 Å². The van der Waals surface area contributed by atoms with Crippen molar-refractivity contribution in [3.8, 4) is 0 Å². The van der Waals surface area contributed by atoms with Crippen LogP contribution in [0, 0.1) is 5.92 Å². The molecule has 0 spiro atoms. The highest BCUT2D eigenvalue weighted by molar-refractivity contribution is 7.86. The molecule has 3 nitrogen and oxygen atoms in total. The van der Waals surface area contributed by atoms with Crippen LogP contribution in [0.5, 0.6) is 0 Å². The van der Waals surface area contributed by atoms with Gasteiger partial charge in [-0.3, -0.25) is 9.00 Å². The van der Waals surface area contributed by atoms with Gasteiger partial charge in [0, 0.05) is 21.3 Å². The molecule has 0 rings (SSSR count). The normalized spacial score (nSPS) is 16.4. The van der Waals surface area contributed by atoms with Gasteiger partial charge in [0.05, 0.1) is 13.0 Å². The van der Waals surface area contributed by atoms with E-state index in [2.05, 4.69) is 4.74 Å². The lowest BCUT2D eigenvalue weighted by molar-refractivity contribution is -0.144. The first-order valence-corrected chi connectivity index (χ1v) is 5.57. The fraction of sp³-hybridized carbons (Fsp3) is 0.889. The monoisotopic (exact) mass is 206 g/mol. The summed E-state index contributed by atoms with van der Waals surface area (Å²) < 4.78 is 15.9.